The van der Waals surface area contributed by atoms with Crippen LogP contribution in [0.5, 0.6) is 5.75 Å². The summed E-state index contributed by atoms with van der Waals surface area (Å²) in [5.41, 5.74) is 1.70. The van der Waals surface area contributed by atoms with E-state index in [1.54, 1.807) is 24.3 Å². The van der Waals surface area contributed by atoms with E-state index in [1.807, 2.05) is 36.4 Å². The van der Waals surface area contributed by atoms with Crippen molar-refractivity contribution in [3.8, 4) is 11.8 Å². The Kier molecular flexibility index (Phi) is 7.20. The van der Waals surface area contributed by atoms with E-state index in [-0.39, 0.29) is 16.8 Å². The molecule has 3 aromatic carbocycles. The molecule has 0 saturated heterocycles. The largest absolute Gasteiger partial charge is 0.488 e. The van der Waals surface area contributed by atoms with E-state index in [0.29, 0.717) is 17.9 Å². The van der Waals surface area contributed by atoms with Crippen LogP contribution in [0.25, 0.3) is 6.08 Å². The number of carboxylic acids is 1. The number of ether oxygens (including phenoxy) is 1. The number of anilines is 1. The van der Waals surface area contributed by atoms with Crippen molar-refractivity contribution in [1.82, 2.24) is 0 Å². The van der Waals surface area contributed by atoms with Crippen LogP contribution in [-0.4, -0.2) is 17.0 Å². The van der Waals surface area contributed by atoms with Gasteiger partial charge in [0.2, 0.25) is 0 Å². The molecule has 0 aromatic heterocycles. The first-order valence-corrected chi connectivity index (χ1v) is 9.98. The molecule has 0 heterocycles. The molecule has 31 heavy (non-hydrogen) atoms. The van der Waals surface area contributed by atoms with E-state index in [4.69, 9.17) is 9.84 Å². The van der Waals surface area contributed by atoms with Gasteiger partial charge in [0.05, 0.1) is 5.56 Å². The van der Waals surface area contributed by atoms with E-state index in [0.717, 1.165) is 10.0 Å². The van der Waals surface area contributed by atoms with E-state index >= 15 is 0 Å². The molecule has 0 unspecified atom stereocenters. The van der Waals surface area contributed by atoms with Crippen LogP contribution in [0.4, 0.5) is 5.69 Å². The second-order valence-electron chi connectivity index (χ2n) is 6.47. The zero-order valence-electron chi connectivity index (χ0n) is 16.2. The summed E-state index contributed by atoms with van der Waals surface area (Å²) in [7, 11) is 0. The van der Waals surface area contributed by atoms with Gasteiger partial charge in [-0.2, -0.15) is 5.26 Å². The average Bonchev–Trinajstić information content (AvgIpc) is 2.77. The van der Waals surface area contributed by atoms with Gasteiger partial charge in [0.1, 0.15) is 24.0 Å². The third-order valence-electron chi connectivity index (χ3n) is 4.24. The fraction of sp³-hybridized carbons (Fsp3) is 0.0417. The van der Waals surface area contributed by atoms with Crippen LogP contribution < -0.4 is 10.1 Å². The first kappa shape index (κ1) is 21.8. The van der Waals surface area contributed by atoms with Crippen molar-refractivity contribution in [3.63, 3.8) is 0 Å². The van der Waals surface area contributed by atoms with Gasteiger partial charge in [-0.1, -0.05) is 52.3 Å². The highest BCUT2D eigenvalue weighted by Gasteiger charge is 2.13. The Morgan fingerprint density at radius 2 is 1.84 bits per heavy atom. The molecule has 154 valence electrons. The van der Waals surface area contributed by atoms with Crippen molar-refractivity contribution in [2.24, 2.45) is 0 Å². The molecular weight excluding hydrogens is 460 g/mol. The van der Waals surface area contributed by atoms with Crippen molar-refractivity contribution in [1.29, 1.82) is 5.26 Å². The quantitative estimate of drug-likeness (QED) is 0.357. The molecular formula is C24H17BrN2O4. The van der Waals surface area contributed by atoms with Gasteiger partial charge in [0.25, 0.3) is 5.91 Å². The van der Waals surface area contributed by atoms with E-state index in [1.165, 1.54) is 24.3 Å². The Morgan fingerprint density at radius 1 is 1.06 bits per heavy atom. The van der Waals surface area contributed by atoms with Crippen LogP contribution in [0.1, 0.15) is 21.5 Å². The van der Waals surface area contributed by atoms with Crippen LogP contribution in [0, 0.1) is 11.3 Å². The molecule has 0 radical (unpaired) electrons. The number of carbonyl (C=O) groups is 2. The van der Waals surface area contributed by atoms with Crippen molar-refractivity contribution in [3.05, 3.63) is 99.5 Å². The highest BCUT2D eigenvalue weighted by Crippen LogP contribution is 2.27. The number of aromatic carboxylic acids is 1. The summed E-state index contributed by atoms with van der Waals surface area (Å²) in [5.74, 6) is -1.25. The van der Waals surface area contributed by atoms with Gasteiger partial charge in [-0.05, 0) is 48.0 Å². The van der Waals surface area contributed by atoms with Gasteiger partial charge in [0, 0.05) is 15.7 Å². The minimum absolute atomic E-state index is 0.0314. The van der Waals surface area contributed by atoms with Crippen LogP contribution >= 0.6 is 15.9 Å². The smallest absolute Gasteiger partial charge is 0.335 e. The monoisotopic (exact) mass is 476 g/mol. The molecule has 6 nitrogen and oxygen atoms in total. The lowest BCUT2D eigenvalue weighted by Crippen LogP contribution is -2.14. The zero-order valence-corrected chi connectivity index (χ0v) is 17.8. The zero-order chi connectivity index (χ0) is 22.2. The lowest BCUT2D eigenvalue weighted by molar-refractivity contribution is -0.112. The molecule has 0 atom stereocenters. The summed E-state index contributed by atoms with van der Waals surface area (Å²) in [6.45, 7) is 0.333. The Balaban J connectivity index is 1.83. The summed E-state index contributed by atoms with van der Waals surface area (Å²) < 4.78 is 6.65. The predicted molar refractivity (Wildman–Crippen MR) is 121 cm³/mol. The number of carbonyl (C=O) groups excluding carboxylic acids is 1. The highest BCUT2D eigenvalue weighted by molar-refractivity contribution is 9.10. The molecule has 0 aliphatic rings. The van der Waals surface area contributed by atoms with E-state index in [9.17, 15) is 14.9 Å². The highest BCUT2D eigenvalue weighted by atomic mass is 79.9. The normalized spacial score (nSPS) is 10.8. The van der Waals surface area contributed by atoms with Gasteiger partial charge in [-0.15, -0.1) is 0 Å². The molecule has 0 fully saturated rings. The first-order chi connectivity index (χ1) is 15.0. The number of nitrogens with one attached hydrogen (secondary N) is 1. The number of halogens is 1. The topological polar surface area (TPSA) is 99.4 Å². The summed E-state index contributed by atoms with van der Waals surface area (Å²) in [5, 5.41) is 21.2. The van der Waals surface area contributed by atoms with Crippen molar-refractivity contribution in [2.45, 2.75) is 6.61 Å². The lowest BCUT2D eigenvalue weighted by Gasteiger charge is -2.11. The predicted octanol–water partition coefficient (Wildman–Crippen LogP) is 5.27. The minimum Gasteiger partial charge on any atom is -0.488 e. The van der Waals surface area contributed by atoms with Gasteiger partial charge < -0.3 is 15.2 Å². The Hall–Kier alpha value is -3.89. The van der Waals surface area contributed by atoms with Crippen LogP contribution in [0.2, 0.25) is 0 Å². The standard InChI is InChI=1S/C24H17BrN2O4/c25-20-9-10-22(31-15-16-5-2-1-3-6-16)18(12-20)11-19(14-26)23(28)27-21-8-4-7-17(13-21)24(29)30/h1-13H,15H2,(H,27,28)(H,29,30)/b19-11-. The molecule has 0 saturated carbocycles. The maximum atomic E-state index is 12.6. The summed E-state index contributed by atoms with van der Waals surface area (Å²) >= 11 is 3.39. The van der Waals surface area contributed by atoms with Crippen molar-refractivity contribution in [2.75, 3.05) is 5.32 Å². The number of benzene rings is 3. The van der Waals surface area contributed by atoms with E-state index < -0.39 is 11.9 Å². The molecule has 0 aliphatic heterocycles. The Bertz CT molecular complexity index is 1180. The fourth-order valence-corrected chi connectivity index (χ4v) is 3.11. The molecule has 7 heteroatoms. The molecule has 0 spiro atoms. The summed E-state index contributed by atoms with van der Waals surface area (Å²) in [6.07, 6.45) is 1.43. The third kappa shape index (κ3) is 6.04. The molecule has 0 aliphatic carbocycles. The first-order valence-electron chi connectivity index (χ1n) is 9.19. The maximum Gasteiger partial charge on any atom is 0.335 e. The Morgan fingerprint density at radius 3 is 2.55 bits per heavy atom. The molecule has 2 N–H and O–H groups in total. The van der Waals surface area contributed by atoms with Crippen LogP contribution in [0.3, 0.4) is 0 Å². The molecule has 0 bridgehead atoms. The number of amides is 1. The molecule has 3 rings (SSSR count). The maximum absolute atomic E-state index is 12.6. The van der Waals surface area contributed by atoms with Gasteiger partial charge in [0.15, 0.2) is 0 Å². The SMILES string of the molecule is N#C/C(=C/c1cc(Br)ccc1OCc1ccccc1)C(=O)Nc1cccc(C(=O)O)c1. The molecule has 1 amide bonds. The summed E-state index contributed by atoms with van der Waals surface area (Å²) in [4.78, 5) is 23.7. The molecule has 3 aromatic rings. The number of hydrogen-bond acceptors (Lipinski definition) is 4. The second-order valence-corrected chi connectivity index (χ2v) is 7.38. The third-order valence-corrected chi connectivity index (χ3v) is 4.73. The Labute approximate surface area is 187 Å². The van der Waals surface area contributed by atoms with Gasteiger partial charge in [-0.3, -0.25) is 4.79 Å². The number of carboxylic acid groups (broad SMARTS) is 1. The second kappa shape index (κ2) is 10.2. The van der Waals surface area contributed by atoms with Crippen molar-refractivity contribution >= 4 is 39.6 Å². The van der Waals surface area contributed by atoms with Crippen LogP contribution in [-0.2, 0) is 11.4 Å². The number of nitriles is 1. The van der Waals surface area contributed by atoms with Gasteiger partial charge >= 0.3 is 5.97 Å². The van der Waals surface area contributed by atoms with Gasteiger partial charge in [-0.25, -0.2) is 4.79 Å². The minimum atomic E-state index is -1.11. The average molecular weight is 477 g/mol. The summed E-state index contributed by atoms with van der Waals surface area (Å²) in [6, 6.07) is 22.6. The number of rotatable bonds is 7. The fourth-order valence-electron chi connectivity index (χ4n) is 2.73. The van der Waals surface area contributed by atoms with E-state index in [2.05, 4.69) is 21.2 Å². The lowest BCUT2D eigenvalue weighted by atomic mass is 10.1. The number of hydrogen-bond donors (Lipinski definition) is 2. The van der Waals surface area contributed by atoms with Crippen LogP contribution in [0.15, 0.2) is 82.8 Å². The number of nitrogens with zero attached hydrogens (tertiary/aromatic N) is 1. The van der Waals surface area contributed by atoms with Crippen molar-refractivity contribution < 1.29 is 19.4 Å².